The molecule has 0 radical (unpaired) electrons. The predicted molar refractivity (Wildman–Crippen MR) is 123 cm³/mol. The first kappa shape index (κ1) is 27.2. The van der Waals surface area contributed by atoms with Gasteiger partial charge in [0.2, 0.25) is 5.91 Å². The zero-order valence-corrected chi connectivity index (χ0v) is 20.7. The molecule has 15 heteroatoms. The van der Waals surface area contributed by atoms with Gasteiger partial charge in [-0.05, 0) is 25.7 Å². The molecule has 0 aromatic heterocycles. The standard InChI is InChI=1S/C20H30N4O9S2/c25-15(7-4-3-6-13-18-12(11-34-13)22-20(29)23-18)21-9-5-1-2-8-17(27)33-24-16(26)10-14(19(24)28)35(30,31)32/h12-14,18H,1-11H2,(H,21,25)(H2,22,23,29)(H,30,31,32)/t12-,13+,14-,18-/m0/s1. The van der Waals surface area contributed by atoms with Crippen molar-refractivity contribution in [3.05, 3.63) is 0 Å². The van der Waals surface area contributed by atoms with Crippen molar-refractivity contribution >= 4 is 51.6 Å². The molecule has 0 aromatic rings. The average Bonchev–Trinajstić information content (AvgIpc) is 3.41. The van der Waals surface area contributed by atoms with Gasteiger partial charge in [-0.1, -0.05) is 12.8 Å². The Balaban J connectivity index is 1.19. The predicted octanol–water partition coefficient (Wildman–Crippen LogP) is -0.138. The minimum atomic E-state index is -4.76. The van der Waals surface area contributed by atoms with Crippen LogP contribution in [0.15, 0.2) is 0 Å². The first-order valence-electron chi connectivity index (χ1n) is 11.6. The molecule has 5 amide bonds. The quantitative estimate of drug-likeness (QED) is 0.107. The highest BCUT2D eigenvalue weighted by molar-refractivity contribution is 8.00. The van der Waals surface area contributed by atoms with Crippen LogP contribution in [-0.4, -0.2) is 82.6 Å². The highest BCUT2D eigenvalue weighted by Gasteiger charge is 2.48. The lowest BCUT2D eigenvalue weighted by atomic mass is 10.0. The van der Waals surface area contributed by atoms with E-state index in [2.05, 4.69) is 20.8 Å². The Labute approximate surface area is 207 Å². The molecular weight excluding hydrogens is 504 g/mol. The highest BCUT2D eigenvalue weighted by Crippen LogP contribution is 2.33. The van der Waals surface area contributed by atoms with Gasteiger partial charge in [-0.25, -0.2) is 9.59 Å². The molecule has 3 saturated heterocycles. The van der Waals surface area contributed by atoms with Gasteiger partial charge in [0, 0.05) is 30.4 Å². The number of imide groups is 1. The molecule has 3 rings (SSSR count). The van der Waals surface area contributed by atoms with Crippen molar-refractivity contribution in [2.75, 3.05) is 12.3 Å². The van der Waals surface area contributed by atoms with Crippen LogP contribution in [0.5, 0.6) is 0 Å². The number of amides is 5. The number of carbonyl (C=O) groups is 5. The second-order valence-electron chi connectivity index (χ2n) is 8.73. The molecule has 0 aromatic carbocycles. The topological polar surface area (TPSA) is 188 Å². The first-order chi connectivity index (χ1) is 16.6. The van der Waals surface area contributed by atoms with E-state index in [1.165, 1.54) is 0 Å². The summed E-state index contributed by atoms with van der Waals surface area (Å²) in [6, 6.07) is 0.265. The molecule has 13 nitrogen and oxygen atoms in total. The number of fused-ring (bicyclic) bond motifs is 1. The first-order valence-corrected chi connectivity index (χ1v) is 14.1. The molecule has 3 aliphatic heterocycles. The summed E-state index contributed by atoms with van der Waals surface area (Å²) in [5, 5.41) is 7.20. The van der Waals surface area contributed by atoms with Gasteiger partial charge in [0.15, 0.2) is 5.25 Å². The fourth-order valence-corrected chi connectivity index (χ4v) is 6.47. The molecule has 0 spiro atoms. The number of nitrogens with zero attached hydrogens (tertiary/aromatic N) is 1. The van der Waals surface area contributed by atoms with E-state index < -0.39 is 39.6 Å². The molecule has 0 aliphatic carbocycles. The molecule has 35 heavy (non-hydrogen) atoms. The maximum Gasteiger partial charge on any atom is 0.333 e. The lowest BCUT2D eigenvalue weighted by Crippen LogP contribution is -2.36. The van der Waals surface area contributed by atoms with Crippen LogP contribution >= 0.6 is 11.8 Å². The molecule has 3 heterocycles. The van der Waals surface area contributed by atoms with Crippen molar-refractivity contribution < 1.29 is 41.8 Å². The number of nitrogens with one attached hydrogen (secondary N) is 3. The summed E-state index contributed by atoms with van der Waals surface area (Å²) in [5.41, 5.74) is 0. The summed E-state index contributed by atoms with van der Waals surface area (Å²) in [4.78, 5) is 63.3. The van der Waals surface area contributed by atoms with Crippen molar-refractivity contribution in [1.29, 1.82) is 0 Å². The van der Waals surface area contributed by atoms with Gasteiger partial charge >= 0.3 is 12.0 Å². The second kappa shape index (κ2) is 12.0. The van der Waals surface area contributed by atoms with Crippen molar-refractivity contribution in [1.82, 2.24) is 21.0 Å². The average molecular weight is 535 g/mol. The Morgan fingerprint density at radius 3 is 2.54 bits per heavy atom. The molecular formula is C20H30N4O9S2. The van der Waals surface area contributed by atoms with Crippen LogP contribution in [0.4, 0.5) is 4.79 Å². The van der Waals surface area contributed by atoms with Crippen LogP contribution in [0.25, 0.3) is 0 Å². The van der Waals surface area contributed by atoms with Gasteiger partial charge in [0.25, 0.3) is 21.9 Å². The third-order valence-corrected chi connectivity index (χ3v) is 8.67. The van der Waals surface area contributed by atoms with E-state index in [1.54, 1.807) is 0 Å². The van der Waals surface area contributed by atoms with Crippen molar-refractivity contribution in [3.63, 3.8) is 0 Å². The van der Waals surface area contributed by atoms with Crippen LogP contribution in [0, 0.1) is 0 Å². The van der Waals surface area contributed by atoms with Crippen molar-refractivity contribution in [3.8, 4) is 0 Å². The normalized spacial score (nSPS) is 25.9. The Kier molecular flexibility index (Phi) is 9.35. The van der Waals surface area contributed by atoms with E-state index in [9.17, 15) is 32.4 Å². The lowest BCUT2D eigenvalue weighted by molar-refractivity contribution is -0.197. The number of hydroxylamine groups is 2. The van der Waals surface area contributed by atoms with Crippen molar-refractivity contribution in [2.45, 2.75) is 80.4 Å². The Morgan fingerprint density at radius 2 is 1.83 bits per heavy atom. The lowest BCUT2D eigenvalue weighted by Gasteiger charge is -2.16. The van der Waals surface area contributed by atoms with Gasteiger partial charge in [-0.15, -0.1) is 5.06 Å². The maximum absolute atomic E-state index is 12.0. The summed E-state index contributed by atoms with van der Waals surface area (Å²) >= 11 is 1.85. The van der Waals surface area contributed by atoms with Gasteiger partial charge < -0.3 is 20.8 Å². The largest absolute Gasteiger partial charge is 0.356 e. The highest BCUT2D eigenvalue weighted by atomic mass is 32.2. The van der Waals surface area contributed by atoms with Crippen LogP contribution < -0.4 is 16.0 Å². The number of thioether (sulfide) groups is 1. The van der Waals surface area contributed by atoms with Crippen LogP contribution in [0.3, 0.4) is 0 Å². The van der Waals surface area contributed by atoms with E-state index in [0.29, 0.717) is 37.5 Å². The van der Waals surface area contributed by atoms with E-state index in [4.69, 9.17) is 4.55 Å². The molecule has 196 valence electrons. The number of hydrogen-bond donors (Lipinski definition) is 4. The number of carbonyl (C=O) groups excluding carboxylic acids is 5. The van der Waals surface area contributed by atoms with E-state index >= 15 is 0 Å². The smallest absolute Gasteiger partial charge is 0.333 e. The zero-order valence-electron chi connectivity index (χ0n) is 19.1. The molecule has 0 saturated carbocycles. The third-order valence-electron chi connectivity index (χ3n) is 6.08. The van der Waals surface area contributed by atoms with Crippen LogP contribution in [0.2, 0.25) is 0 Å². The molecule has 4 N–H and O–H groups in total. The second-order valence-corrected chi connectivity index (χ2v) is 11.6. The number of hydrogen-bond acceptors (Lipinski definition) is 9. The van der Waals surface area contributed by atoms with Crippen LogP contribution in [-0.2, 0) is 34.1 Å². The summed E-state index contributed by atoms with van der Waals surface area (Å²) in [6.45, 7) is 0.451. The number of urea groups is 1. The van der Waals surface area contributed by atoms with Crippen molar-refractivity contribution in [2.24, 2.45) is 0 Å². The molecule has 0 unspecified atom stereocenters. The van der Waals surface area contributed by atoms with Gasteiger partial charge in [0.1, 0.15) is 0 Å². The Hall–Kier alpha value is -2.39. The van der Waals surface area contributed by atoms with E-state index in [-0.39, 0.29) is 35.5 Å². The van der Waals surface area contributed by atoms with Gasteiger partial charge in [-0.2, -0.15) is 20.2 Å². The van der Waals surface area contributed by atoms with Gasteiger partial charge in [0.05, 0.1) is 18.5 Å². The maximum atomic E-state index is 12.0. The number of rotatable bonds is 13. The third kappa shape index (κ3) is 7.54. The summed E-state index contributed by atoms with van der Waals surface area (Å²) in [5.74, 6) is -2.30. The van der Waals surface area contributed by atoms with Gasteiger partial charge in [-0.3, -0.25) is 18.9 Å². The monoisotopic (exact) mass is 534 g/mol. The SMILES string of the molecule is O=C(CCCC[C@H]1SC[C@@H]2NC(=O)N[C@@H]21)NCCCCCC(=O)ON1C(=O)C[C@H](S(=O)(=O)O)C1=O. The minimum Gasteiger partial charge on any atom is -0.356 e. The summed E-state index contributed by atoms with van der Waals surface area (Å²) in [6.07, 6.45) is 3.76. The summed E-state index contributed by atoms with van der Waals surface area (Å²) in [7, 11) is -4.76. The number of unbranched alkanes of at least 4 members (excludes halogenated alkanes) is 3. The Bertz CT molecular complexity index is 958. The molecule has 0 bridgehead atoms. The Morgan fingerprint density at radius 1 is 1.09 bits per heavy atom. The zero-order chi connectivity index (χ0) is 25.6. The molecule has 3 aliphatic rings. The van der Waals surface area contributed by atoms with Crippen LogP contribution in [0.1, 0.15) is 57.8 Å². The minimum absolute atomic E-state index is 0.0448. The fraction of sp³-hybridized carbons (Fsp3) is 0.750. The van der Waals surface area contributed by atoms with E-state index in [1.807, 2.05) is 11.8 Å². The molecule has 3 fully saturated rings. The van der Waals surface area contributed by atoms with E-state index in [0.717, 1.165) is 25.0 Å². The summed E-state index contributed by atoms with van der Waals surface area (Å²) < 4.78 is 31.1. The molecule has 4 atom stereocenters. The fourth-order valence-electron chi connectivity index (χ4n) is 4.22.